The van der Waals surface area contributed by atoms with Gasteiger partial charge in [0.05, 0.1) is 22.9 Å². The smallest absolute Gasteiger partial charge is 0.269 e. The summed E-state index contributed by atoms with van der Waals surface area (Å²) in [6.45, 7) is 5.74. The Balaban J connectivity index is 2.20. The fraction of sp³-hybridized carbons (Fsp3) is 0.214. The molecule has 0 aliphatic carbocycles. The van der Waals surface area contributed by atoms with Crippen LogP contribution in [0.25, 0.3) is 0 Å². The van der Waals surface area contributed by atoms with Crippen molar-refractivity contribution >= 4 is 29.2 Å². The number of carbonyl (C=O) groups is 1. The highest BCUT2D eigenvalue weighted by atomic mass is 16.6. The van der Waals surface area contributed by atoms with E-state index in [0.717, 1.165) is 0 Å². The Labute approximate surface area is 121 Å². The molecule has 1 aliphatic rings. The molecule has 2 rings (SSSR count). The lowest BCUT2D eigenvalue weighted by Gasteiger charge is -2.12. The zero-order valence-corrected chi connectivity index (χ0v) is 11.5. The number of nitro groups is 1. The first-order chi connectivity index (χ1) is 10.0. The maximum Gasteiger partial charge on any atom is 0.269 e. The zero-order valence-electron chi connectivity index (χ0n) is 11.5. The van der Waals surface area contributed by atoms with Crippen LogP contribution in [0.2, 0.25) is 0 Å². The number of anilines is 1. The summed E-state index contributed by atoms with van der Waals surface area (Å²) in [4.78, 5) is 26.5. The van der Waals surface area contributed by atoms with E-state index in [9.17, 15) is 14.9 Å². The lowest BCUT2D eigenvalue weighted by molar-refractivity contribution is -0.384. The molecule has 0 N–H and O–H groups in total. The van der Waals surface area contributed by atoms with Crippen LogP contribution >= 0.6 is 0 Å². The molecule has 0 saturated carbocycles. The highest BCUT2D eigenvalue weighted by Crippen LogP contribution is 2.25. The minimum atomic E-state index is -0.500. The third-order valence-corrected chi connectivity index (χ3v) is 2.98. The monoisotopic (exact) mass is 286 g/mol. The van der Waals surface area contributed by atoms with Crippen LogP contribution in [0.4, 0.5) is 11.4 Å². The van der Waals surface area contributed by atoms with E-state index in [2.05, 4.69) is 16.7 Å². The van der Waals surface area contributed by atoms with Crippen molar-refractivity contribution < 1.29 is 9.72 Å². The second-order valence-corrected chi connectivity index (χ2v) is 4.45. The van der Waals surface area contributed by atoms with Gasteiger partial charge >= 0.3 is 0 Å². The van der Waals surface area contributed by atoms with Gasteiger partial charge in [0.2, 0.25) is 0 Å². The summed E-state index contributed by atoms with van der Waals surface area (Å²) in [5.41, 5.74) is 1.09. The summed E-state index contributed by atoms with van der Waals surface area (Å²) in [7, 11) is 0. The average Bonchev–Trinajstić information content (AvgIpc) is 2.75. The van der Waals surface area contributed by atoms with Crippen molar-refractivity contribution in [3.8, 4) is 0 Å². The number of non-ortho nitro benzene ring substituents is 1. The van der Waals surface area contributed by atoms with Crippen LogP contribution in [0.15, 0.2) is 47.0 Å². The first kappa shape index (κ1) is 14.6. The third kappa shape index (κ3) is 3.02. The van der Waals surface area contributed by atoms with Crippen LogP contribution < -0.4 is 5.01 Å². The molecule has 0 saturated heterocycles. The van der Waals surface area contributed by atoms with Crippen molar-refractivity contribution in [3.05, 3.63) is 47.0 Å². The molecule has 1 aromatic rings. The second kappa shape index (κ2) is 6.08. The Morgan fingerprint density at radius 1 is 1.48 bits per heavy atom. The molecule has 1 aliphatic heterocycles. The van der Waals surface area contributed by atoms with Gasteiger partial charge < -0.3 is 0 Å². The molecule has 0 fully saturated rings. The summed E-state index contributed by atoms with van der Waals surface area (Å²) in [5.74, 6) is -0.727. The van der Waals surface area contributed by atoms with E-state index in [1.807, 2.05) is 0 Å². The fourth-order valence-electron chi connectivity index (χ4n) is 1.89. The van der Waals surface area contributed by atoms with Gasteiger partial charge in [0.25, 0.3) is 11.6 Å². The van der Waals surface area contributed by atoms with Crippen molar-refractivity contribution in [1.82, 2.24) is 0 Å². The van der Waals surface area contributed by atoms with Crippen molar-refractivity contribution in [2.75, 3.05) is 11.6 Å². The van der Waals surface area contributed by atoms with Gasteiger partial charge in [-0.05, 0) is 19.1 Å². The number of hydrogen-bond acceptors (Lipinski definition) is 5. The average molecular weight is 286 g/mol. The molecule has 0 unspecified atom stereocenters. The number of aliphatic imine (C=N–C) groups is 1. The molecule has 1 atom stereocenters. The highest BCUT2D eigenvalue weighted by molar-refractivity contribution is 6.23. The molecule has 108 valence electrons. The number of benzene rings is 1. The molecule has 7 nitrogen and oxygen atoms in total. The number of hydrazone groups is 1. The summed E-state index contributed by atoms with van der Waals surface area (Å²) in [6, 6.07) is 5.67. The molecule has 7 heteroatoms. The predicted molar refractivity (Wildman–Crippen MR) is 80.7 cm³/mol. The van der Waals surface area contributed by atoms with E-state index in [1.165, 1.54) is 29.3 Å². The fourth-order valence-corrected chi connectivity index (χ4v) is 1.89. The molecule has 1 aromatic carbocycles. The number of carbonyl (C=O) groups excluding carboxylic acids is 1. The Bertz CT molecular complexity index is 634. The van der Waals surface area contributed by atoms with Crippen molar-refractivity contribution in [1.29, 1.82) is 0 Å². The minimum Gasteiger partial charge on any atom is -0.292 e. The van der Waals surface area contributed by atoms with Crippen LogP contribution in [0.1, 0.15) is 6.92 Å². The highest BCUT2D eigenvalue weighted by Gasteiger charge is 2.33. The van der Waals surface area contributed by atoms with Gasteiger partial charge in [-0.3, -0.25) is 19.9 Å². The van der Waals surface area contributed by atoms with Crippen LogP contribution in [0.3, 0.4) is 0 Å². The van der Waals surface area contributed by atoms with Gasteiger partial charge in [0.15, 0.2) is 0 Å². The minimum absolute atomic E-state index is 0.0322. The van der Waals surface area contributed by atoms with E-state index >= 15 is 0 Å². The molecule has 0 bridgehead atoms. The Morgan fingerprint density at radius 3 is 2.71 bits per heavy atom. The first-order valence-corrected chi connectivity index (χ1v) is 6.29. The lowest BCUT2D eigenvalue weighted by Crippen LogP contribution is -2.28. The standard InChI is InChI=1S/C14H14N4O3/c1-3-8-15-9-13-10(2)16-17(14(13)19)11-4-6-12(7-5-11)18(20)21/h3-7,9,13H,1,8H2,2H3/t13-/m0/s1. The summed E-state index contributed by atoms with van der Waals surface area (Å²) in [6.07, 6.45) is 3.19. The molecule has 1 heterocycles. The molecular formula is C14H14N4O3. The number of amides is 1. The van der Waals surface area contributed by atoms with E-state index in [4.69, 9.17) is 0 Å². The first-order valence-electron chi connectivity index (χ1n) is 6.29. The van der Waals surface area contributed by atoms with Crippen LogP contribution in [0, 0.1) is 16.0 Å². The normalized spacial score (nSPS) is 18.1. The van der Waals surface area contributed by atoms with Crippen LogP contribution in [-0.2, 0) is 4.79 Å². The van der Waals surface area contributed by atoms with Gasteiger partial charge in [-0.15, -0.1) is 6.58 Å². The zero-order chi connectivity index (χ0) is 15.4. The van der Waals surface area contributed by atoms with Gasteiger partial charge in [-0.25, -0.2) is 0 Å². The third-order valence-electron chi connectivity index (χ3n) is 2.98. The van der Waals surface area contributed by atoms with E-state index in [0.29, 0.717) is 17.9 Å². The maximum absolute atomic E-state index is 12.3. The molecule has 0 aromatic heterocycles. The van der Waals surface area contributed by atoms with Crippen molar-refractivity contribution in [2.45, 2.75) is 6.92 Å². The van der Waals surface area contributed by atoms with E-state index in [-0.39, 0.29) is 11.6 Å². The number of hydrogen-bond donors (Lipinski definition) is 0. The molecule has 0 spiro atoms. The van der Waals surface area contributed by atoms with Crippen LogP contribution in [-0.4, -0.2) is 29.3 Å². The van der Waals surface area contributed by atoms with E-state index in [1.54, 1.807) is 19.2 Å². The number of nitro benzene ring substituents is 1. The SMILES string of the molecule is C=CCN=C[C@@H]1C(=O)N(c2ccc([N+](=O)[O-])cc2)N=C1C. The topological polar surface area (TPSA) is 88.2 Å². The molecule has 21 heavy (non-hydrogen) atoms. The maximum atomic E-state index is 12.3. The largest absolute Gasteiger partial charge is 0.292 e. The summed E-state index contributed by atoms with van der Waals surface area (Å²) in [5, 5.41) is 16.0. The Morgan fingerprint density at radius 2 is 2.14 bits per heavy atom. The Hall–Kier alpha value is -2.83. The molecular weight excluding hydrogens is 272 g/mol. The quantitative estimate of drug-likeness (QED) is 0.359. The number of rotatable bonds is 5. The second-order valence-electron chi connectivity index (χ2n) is 4.45. The van der Waals surface area contributed by atoms with Crippen molar-refractivity contribution in [2.24, 2.45) is 16.0 Å². The predicted octanol–water partition coefficient (Wildman–Crippen LogP) is 2.19. The van der Waals surface area contributed by atoms with Crippen LogP contribution in [0.5, 0.6) is 0 Å². The van der Waals surface area contributed by atoms with Gasteiger partial charge in [-0.1, -0.05) is 6.08 Å². The summed E-state index contributed by atoms with van der Waals surface area (Å²) >= 11 is 0. The number of nitrogens with zero attached hydrogens (tertiary/aromatic N) is 4. The van der Waals surface area contributed by atoms with E-state index < -0.39 is 10.8 Å². The summed E-state index contributed by atoms with van der Waals surface area (Å²) < 4.78 is 0. The van der Waals surface area contributed by atoms with Gasteiger partial charge in [0, 0.05) is 18.3 Å². The Kier molecular flexibility index (Phi) is 4.22. The molecule has 0 radical (unpaired) electrons. The lowest BCUT2D eigenvalue weighted by atomic mass is 10.1. The van der Waals surface area contributed by atoms with Crippen molar-refractivity contribution in [3.63, 3.8) is 0 Å². The van der Waals surface area contributed by atoms with Gasteiger partial charge in [0.1, 0.15) is 5.92 Å². The molecule has 1 amide bonds. The van der Waals surface area contributed by atoms with Gasteiger partial charge in [-0.2, -0.15) is 10.1 Å².